The summed E-state index contributed by atoms with van der Waals surface area (Å²) in [4.78, 5) is 2.59. The van der Waals surface area contributed by atoms with Gasteiger partial charge < -0.3 is 5.32 Å². The lowest BCUT2D eigenvalue weighted by molar-refractivity contribution is 0.162. The normalized spacial score (nSPS) is 24.6. The number of likely N-dealkylation sites (tertiary alicyclic amines) is 1. The summed E-state index contributed by atoms with van der Waals surface area (Å²) in [6.07, 6.45) is 3.88. The van der Waals surface area contributed by atoms with Crippen LogP contribution in [0.3, 0.4) is 0 Å². The Labute approximate surface area is 136 Å². The number of rotatable bonds is 4. The first-order valence-corrected chi connectivity index (χ1v) is 8.68. The predicted molar refractivity (Wildman–Crippen MR) is 90.4 cm³/mol. The van der Waals surface area contributed by atoms with Gasteiger partial charge in [0.05, 0.1) is 0 Å². The van der Waals surface area contributed by atoms with Gasteiger partial charge in [-0.1, -0.05) is 46.9 Å². The Hall–Kier alpha value is -0.0900. The second kappa shape index (κ2) is 7.79. The molecule has 1 heterocycles. The van der Waals surface area contributed by atoms with Crippen molar-refractivity contribution < 1.29 is 0 Å². The van der Waals surface area contributed by atoms with Crippen molar-refractivity contribution in [2.45, 2.75) is 32.2 Å². The summed E-state index contributed by atoms with van der Waals surface area (Å²) < 4.78 is 1.05. The van der Waals surface area contributed by atoms with Gasteiger partial charge in [-0.2, -0.15) is 0 Å². The van der Waals surface area contributed by atoms with Gasteiger partial charge in [-0.3, -0.25) is 4.90 Å². The molecule has 1 aliphatic rings. The van der Waals surface area contributed by atoms with Crippen molar-refractivity contribution in [2.75, 3.05) is 26.7 Å². The van der Waals surface area contributed by atoms with Gasteiger partial charge in [0.15, 0.2) is 0 Å². The zero-order valence-corrected chi connectivity index (χ0v) is 14.7. The molecule has 0 radical (unpaired) electrons. The quantitative estimate of drug-likeness (QED) is 0.852. The molecule has 2 unspecified atom stereocenters. The smallest absolute Gasteiger partial charge is 0.0465 e. The van der Waals surface area contributed by atoms with E-state index >= 15 is 0 Å². The predicted octanol–water partition coefficient (Wildman–Crippen LogP) is 4.49. The molecule has 2 atom stereocenters. The Morgan fingerprint density at radius 3 is 2.85 bits per heavy atom. The highest BCUT2D eigenvalue weighted by molar-refractivity contribution is 9.10. The maximum atomic E-state index is 6.53. The molecule has 1 saturated heterocycles. The minimum Gasteiger partial charge on any atom is -0.319 e. The first kappa shape index (κ1) is 16.3. The third-order valence-electron chi connectivity index (χ3n) is 4.26. The number of benzene rings is 1. The van der Waals surface area contributed by atoms with Crippen LogP contribution in [-0.2, 0) is 0 Å². The maximum absolute atomic E-state index is 6.53. The van der Waals surface area contributed by atoms with E-state index in [-0.39, 0.29) is 0 Å². The molecule has 0 aromatic heterocycles. The molecule has 4 heteroatoms. The summed E-state index contributed by atoms with van der Waals surface area (Å²) in [7, 11) is 2.04. The van der Waals surface area contributed by atoms with Crippen LogP contribution in [-0.4, -0.2) is 31.6 Å². The zero-order valence-electron chi connectivity index (χ0n) is 12.3. The van der Waals surface area contributed by atoms with E-state index in [1.165, 1.54) is 31.4 Å². The van der Waals surface area contributed by atoms with Crippen LogP contribution < -0.4 is 5.32 Å². The summed E-state index contributed by atoms with van der Waals surface area (Å²) >= 11 is 10.0. The molecule has 1 aliphatic heterocycles. The van der Waals surface area contributed by atoms with Gasteiger partial charge in [0.2, 0.25) is 0 Å². The van der Waals surface area contributed by atoms with E-state index in [2.05, 4.69) is 45.2 Å². The molecular formula is C16H24BrClN2. The molecule has 2 nitrogen and oxygen atoms in total. The lowest BCUT2D eigenvalue weighted by Gasteiger charge is -2.35. The minimum atomic E-state index is 0.426. The van der Waals surface area contributed by atoms with E-state index in [0.29, 0.717) is 12.0 Å². The molecule has 1 aromatic rings. The molecule has 20 heavy (non-hydrogen) atoms. The molecule has 0 amide bonds. The fraction of sp³-hybridized carbons (Fsp3) is 0.625. The highest BCUT2D eigenvalue weighted by Gasteiger charge is 2.31. The molecule has 1 N–H and O–H groups in total. The van der Waals surface area contributed by atoms with Crippen LogP contribution in [0.15, 0.2) is 22.7 Å². The highest BCUT2D eigenvalue weighted by Crippen LogP contribution is 2.38. The van der Waals surface area contributed by atoms with Crippen molar-refractivity contribution in [3.8, 4) is 0 Å². The molecule has 1 aromatic carbocycles. The van der Waals surface area contributed by atoms with Gasteiger partial charge in [-0.15, -0.1) is 0 Å². The standard InChI is InChI=1S/C16H24BrClN2/c1-3-20-9-5-4-6-12(11-19-2)16(20)14-8-7-13(17)10-15(14)18/h7-8,10,12,16,19H,3-6,9,11H2,1-2H3. The third kappa shape index (κ3) is 3.76. The van der Waals surface area contributed by atoms with Gasteiger partial charge in [-0.25, -0.2) is 0 Å². The van der Waals surface area contributed by atoms with Crippen LogP contribution in [0.5, 0.6) is 0 Å². The van der Waals surface area contributed by atoms with E-state index in [0.717, 1.165) is 22.6 Å². The lowest BCUT2D eigenvalue weighted by atomic mass is 9.89. The molecule has 112 valence electrons. The summed E-state index contributed by atoms with van der Waals surface area (Å²) in [5.74, 6) is 0.626. The van der Waals surface area contributed by atoms with Crippen molar-refractivity contribution >= 4 is 27.5 Å². The van der Waals surface area contributed by atoms with E-state index in [9.17, 15) is 0 Å². The molecule has 1 fully saturated rings. The second-order valence-corrected chi connectivity index (χ2v) is 6.88. The van der Waals surface area contributed by atoms with Crippen LogP contribution in [0.4, 0.5) is 0 Å². The van der Waals surface area contributed by atoms with E-state index in [1.54, 1.807) is 0 Å². The maximum Gasteiger partial charge on any atom is 0.0465 e. The van der Waals surface area contributed by atoms with Gasteiger partial charge in [0.25, 0.3) is 0 Å². The van der Waals surface area contributed by atoms with Crippen molar-refractivity contribution in [1.82, 2.24) is 10.2 Å². The Morgan fingerprint density at radius 1 is 1.40 bits per heavy atom. The van der Waals surface area contributed by atoms with Crippen LogP contribution >= 0.6 is 27.5 Å². The Morgan fingerprint density at radius 2 is 2.20 bits per heavy atom. The van der Waals surface area contributed by atoms with Crippen LogP contribution in [0.25, 0.3) is 0 Å². The summed E-state index contributed by atoms with van der Waals surface area (Å²) in [5.41, 5.74) is 1.28. The summed E-state index contributed by atoms with van der Waals surface area (Å²) in [5, 5.41) is 4.24. The molecule has 0 saturated carbocycles. The number of nitrogens with zero attached hydrogens (tertiary/aromatic N) is 1. The summed E-state index contributed by atoms with van der Waals surface area (Å²) in [6, 6.07) is 6.74. The Kier molecular flexibility index (Phi) is 6.34. The number of nitrogens with one attached hydrogen (secondary N) is 1. The molecule has 0 spiro atoms. The van der Waals surface area contributed by atoms with Crippen molar-refractivity contribution in [3.63, 3.8) is 0 Å². The van der Waals surface area contributed by atoms with Crippen molar-refractivity contribution in [2.24, 2.45) is 5.92 Å². The second-order valence-electron chi connectivity index (χ2n) is 5.55. The van der Waals surface area contributed by atoms with E-state index in [4.69, 9.17) is 11.6 Å². The molecule has 0 aliphatic carbocycles. The van der Waals surface area contributed by atoms with Crippen LogP contribution in [0.1, 0.15) is 37.8 Å². The van der Waals surface area contributed by atoms with E-state index in [1.807, 2.05) is 13.1 Å². The molecule has 2 rings (SSSR count). The monoisotopic (exact) mass is 358 g/mol. The first-order chi connectivity index (χ1) is 9.67. The summed E-state index contributed by atoms with van der Waals surface area (Å²) in [6.45, 7) is 5.56. The Balaban J connectivity index is 2.37. The number of hydrogen-bond acceptors (Lipinski definition) is 2. The van der Waals surface area contributed by atoms with Crippen LogP contribution in [0, 0.1) is 5.92 Å². The molecular weight excluding hydrogens is 336 g/mol. The number of halogens is 2. The van der Waals surface area contributed by atoms with Gasteiger partial charge in [0.1, 0.15) is 0 Å². The fourth-order valence-electron chi connectivity index (χ4n) is 3.34. The fourth-order valence-corrected chi connectivity index (χ4v) is 4.12. The SMILES string of the molecule is CCN1CCCCC(CNC)C1c1ccc(Br)cc1Cl. The molecule has 0 bridgehead atoms. The Bertz CT molecular complexity index is 438. The van der Waals surface area contributed by atoms with Gasteiger partial charge in [0, 0.05) is 15.5 Å². The topological polar surface area (TPSA) is 15.3 Å². The zero-order chi connectivity index (χ0) is 14.5. The third-order valence-corrected chi connectivity index (χ3v) is 5.08. The minimum absolute atomic E-state index is 0.426. The van der Waals surface area contributed by atoms with Gasteiger partial charge >= 0.3 is 0 Å². The number of hydrogen-bond donors (Lipinski definition) is 1. The largest absolute Gasteiger partial charge is 0.319 e. The van der Waals surface area contributed by atoms with Crippen molar-refractivity contribution in [1.29, 1.82) is 0 Å². The first-order valence-electron chi connectivity index (χ1n) is 7.51. The van der Waals surface area contributed by atoms with Gasteiger partial charge in [-0.05, 0) is 63.1 Å². The average molecular weight is 360 g/mol. The lowest BCUT2D eigenvalue weighted by Crippen LogP contribution is -2.36. The highest BCUT2D eigenvalue weighted by atomic mass is 79.9. The van der Waals surface area contributed by atoms with Crippen molar-refractivity contribution in [3.05, 3.63) is 33.3 Å². The average Bonchev–Trinajstić information content (AvgIpc) is 2.62. The van der Waals surface area contributed by atoms with E-state index < -0.39 is 0 Å². The van der Waals surface area contributed by atoms with Crippen LogP contribution in [0.2, 0.25) is 5.02 Å².